The van der Waals surface area contributed by atoms with E-state index in [0.29, 0.717) is 16.1 Å². The van der Waals surface area contributed by atoms with Crippen LogP contribution in [0.1, 0.15) is 12.5 Å². The molecule has 0 saturated carbocycles. The zero-order chi connectivity index (χ0) is 21.8. The first-order chi connectivity index (χ1) is 15.0. The Kier molecular flexibility index (Phi) is 6.08. The van der Waals surface area contributed by atoms with Crippen molar-refractivity contribution in [3.8, 4) is 0 Å². The van der Waals surface area contributed by atoms with Gasteiger partial charge in [0.1, 0.15) is 5.82 Å². The van der Waals surface area contributed by atoms with Crippen LogP contribution in [0.15, 0.2) is 83.0 Å². The number of thioether (sulfide) groups is 1. The second-order valence-electron chi connectivity index (χ2n) is 6.89. The van der Waals surface area contributed by atoms with Gasteiger partial charge in [-0.25, -0.2) is 9.37 Å². The maximum atomic E-state index is 13.9. The lowest BCUT2D eigenvalue weighted by molar-refractivity contribution is -0.115. The summed E-state index contributed by atoms with van der Waals surface area (Å²) in [6.07, 6.45) is 3.35. The average Bonchev–Trinajstić information content (AvgIpc) is 2.78. The lowest BCUT2D eigenvalue weighted by Crippen LogP contribution is -2.27. The van der Waals surface area contributed by atoms with E-state index in [-0.39, 0.29) is 23.7 Å². The molecule has 0 saturated heterocycles. The summed E-state index contributed by atoms with van der Waals surface area (Å²) in [5.41, 5.74) is 1.31. The molecule has 2 heterocycles. The average molecular weight is 434 g/mol. The summed E-state index contributed by atoms with van der Waals surface area (Å²) in [7, 11) is 0. The van der Waals surface area contributed by atoms with Crippen LogP contribution < -0.4 is 10.9 Å². The SMILES string of the molecule is CC(Sc1nc2ccccc2c(=O)n1Cc1cccnc1)C(=O)Nc1ccccc1F. The van der Waals surface area contributed by atoms with Crippen molar-refractivity contribution >= 4 is 34.3 Å². The third-order valence-corrected chi connectivity index (χ3v) is 5.76. The molecule has 156 valence electrons. The van der Waals surface area contributed by atoms with E-state index in [1.165, 1.54) is 16.7 Å². The number of nitrogens with one attached hydrogen (secondary N) is 1. The fraction of sp³-hybridized carbons (Fsp3) is 0.130. The number of carbonyl (C=O) groups excluding carboxylic acids is 1. The number of nitrogens with zero attached hydrogens (tertiary/aromatic N) is 3. The molecule has 0 spiro atoms. The molecule has 1 N–H and O–H groups in total. The molecule has 1 atom stereocenters. The van der Waals surface area contributed by atoms with Crippen molar-refractivity contribution in [2.24, 2.45) is 0 Å². The van der Waals surface area contributed by atoms with Gasteiger partial charge in [0.15, 0.2) is 5.16 Å². The number of hydrogen-bond donors (Lipinski definition) is 1. The Bertz CT molecular complexity index is 1290. The number of benzene rings is 2. The van der Waals surface area contributed by atoms with Gasteiger partial charge in [-0.3, -0.25) is 19.1 Å². The number of amides is 1. The molecule has 1 amide bonds. The quantitative estimate of drug-likeness (QED) is 0.365. The van der Waals surface area contributed by atoms with Gasteiger partial charge in [-0.15, -0.1) is 0 Å². The Balaban J connectivity index is 1.67. The maximum Gasteiger partial charge on any atom is 0.262 e. The van der Waals surface area contributed by atoms with Gasteiger partial charge in [0.05, 0.1) is 28.4 Å². The van der Waals surface area contributed by atoms with Gasteiger partial charge in [-0.2, -0.15) is 0 Å². The smallest absolute Gasteiger partial charge is 0.262 e. The van der Waals surface area contributed by atoms with E-state index in [1.54, 1.807) is 55.7 Å². The van der Waals surface area contributed by atoms with Gasteiger partial charge in [-0.1, -0.05) is 42.1 Å². The summed E-state index contributed by atoms with van der Waals surface area (Å²) in [6.45, 7) is 1.96. The van der Waals surface area contributed by atoms with Crippen LogP contribution in [0.25, 0.3) is 10.9 Å². The molecule has 0 aliphatic carbocycles. The maximum absolute atomic E-state index is 13.9. The number of pyridine rings is 1. The second kappa shape index (κ2) is 9.09. The highest BCUT2D eigenvalue weighted by molar-refractivity contribution is 8.00. The molecule has 6 nitrogen and oxygen atoms in total. The van der Waals surface area contributed by atoms with Crippen LogP contribution >= 0.6 is 11.8 Å². The van der Waals surface area contributed by atoms with E-state index < -0.39 is 11.1 Å². The number of carbonyl (C=O) groups is 1. The number of halogens is 1. The van der Waals surface area contributed by atoms with Crippen LogP contribution in [0.5, 0.6) is 0 Å². The largest absolute Gasteiger partial charge is 0.323 e. The lowest BCUT2D eigenvalue weighted by atomic mass is 10.2. The van der Waals surface area contributed by atoms with Gasteiger partial charge in [0.25, 0.3) is 5.56 Å². The fourth-order valence-electron chi connectivity index (χ4n) is 3.06. The predicted octanol–water partition coefficient (Wildman–Crippen LogP) is 4.10. The number of rotatable bonds is 6. The highest BCUT2D eigenvalue weighted by Gasteiger charge is 2.20. The highest BCUT2D eigenvalue weighted by Crippen LogP contribution is 2.24. The molecule has 0 radical (unpaired) electrons. The van der Waals surface area contributed by atoms with Crippen molar-refractivity contribution in [2.45, 2.75) is 23.9 Å². The van der Waals surface area contributed by atoms with Crippen molar-refractivity contribution < 1.29 is 9.18 Å². The summed E-state index contributed by atoms with van der Waals surface area (Å²) in [5, 5.41) is 2.88. The Hall–Kier alpha value is -3.52. The van der Waals surface area contributed by atoms with Crippen LogP contribution in [0.4, 0.5) is 10.1 Å². The molecule has 0 bridgehead atoms. The Morgan fingerprint density at radius 1 is 1.13 bits per heavy atom. The molecule has 2 aromatic heterocycles. The summed E-state index contributed by atoms with van der Waals surface area (Å²) >= 11 is 1.15. The van der Waals surface area contributed by atoms with Crippen molar-refractivity contribution in [3.63, 3.8) is 0 Å². The van der Waals surface area contributed by atoms with E-state index in [9.17, 15) is 14.0 Å². The van der Waals surface area contributed by atoms with Crippen LogP contribution in [-0.4, -0.2) is 25.7 Å². The van der Waals surface area contributed by atoms with Gasteiger partial charge < -0.3 is 5.32 Å². The molecular formula is C23H19FN4O2S. The van der Waals surface area contributed by atoms with Crippen LogP contribution in [0, 0.1) is 5.82 Å². The molecular weight excluding hydrogens is 415 g/mol. The van der Waals surface area contributed by atoms with Crippen LogP contribution in [0.3, 0.4) is 0 Å². The van der Waals surface area contributed by atoms with Gasteiger partial charge in [-0.05, 0) is 42.8 Å². The lowest BCUT2D eigenvalue weighted by Gasteiger charge is -2.16. The predicted molar refractivity (Wildman–Crippen MR) is 120 cm³/mol. The van der Waals surface area contributed by atoms with E-state index in [1.807, 2.05) is 12.1 Å². The topological polar surface area (TPSA) is 76.9 Å². The van der Waals surface area contributed by atoms with Gasteiger partial charge in [0.2, 0.25) is 5.91 Å². The number of hydrogen-bond acceptors (Lipinski definition) is 5. The monoisotopic (exact) mass is 434 g/mol. The molecule has 0 fully saturated rings. The molecule has 4 aromatic rings. The third-order valence-electron chi connectivity index (χ3n) is 4.67. The standard InChI is InChI=1S/C23H19FN4O2S/c1-15(21(29)26-20-11-5-3-9-18(20)24)31-23-27-19-10-4-2-8-17(19)22(30)28(23)14-16-7-6-12-25-13-16/h2-13,15H,14H2,1H3,(H,26,29). The van der Waals surface area contributed by atoms with Crippen LogP contribution in [-0.2, 0) is 11.3 Å². The van der Waals surface area contributed by atoms with E-state index >= 15 is 0 Å². The van der Waals surface area contributed by atoms with E-state index in [0.717, 1.165) is 17.3 Å². The minimum atomic E-state index is -0.618. The number of anilines is 1. The number of fused-ring (bicyclic) bond motifs is 1. The molecule has 31 heavy (non-hydrogen) atoms. The minimum Gasteiger partial charge on any atom is -0.323 e. The molecule has 1 unspecified atom stereocenters. The zero-order valence-corrected chi connectivity index (χ0v) is 17.5. The van der Waals surface area contributed by atoms with Gasteiger partial charge in [0, 0.05) is 12.4 Å². The summed E-state index contributed by atoms with van der Waals surface area (Å²) in [4.78, 5) is 34.6. The summed E-state index contributed by atoms with van der Waals surface area (Å²) in [5.74, 6) is -0.893. The molecule has 8 heteroatoms. The Labute approximate surface area is 182 Å². The fourth-order valence-corrected chi connectivity index (χ4v) is 3.97. The highest BCUT2D eigenvalue weighted by atomic mass is 32.2. The zero-order valence-electron chi connectivity index (χ0n) is 16.7. The Morgan fingerprint density at radius 3 is 2.68 bits per heavy atom. The normalized spacial score (nSPS) is 11.9. The third kappa shape index (κ3) is 4.64. The molecule has 0 aliphatic heterocycles. The molecule has 0 aliphatic rings. The van der Waals surface area contributed by atoms with Crippen LogP contribution in [0.2, 0.25) is 0 Å². The summed E-state index contributed by atoms with van der Waals surface area (Å²) < 4.78 is 15.4. The summed E-state index contributed by atoms with van der Waals surface area (Å²) in [6, 6.07) is 16.7. The first-order valence-electron chi connectivity index (χ1n) is 9.63. The van der Waals surface area contributed by atoms with E-state index in [4.69, 9.17) is 0 Å². The molecule has 2 aromatic carbocycles. The van der Waals surface area contributed by atoms with Crippen molar-refractivity contribution in [1.82, 2.24) is 14.5 Å². The van der Waals surface area contributed by atoms with Crippen molar-refractivity contribution in [1.29, 1.82) is 0 Å². The molecule has 4 rings (SSSR count). The Morgan fingerprint density at radius 2 is 1.90 bits per heavy atom. The van der Waals surface area contributed by atoms with Crippen molar-refractivity contribution in [3.05, 3.63) is 94.8 Å². The number of para-hydroxylation sites is 2. The van der Waals surface area contributed by atoms with Gasteiger partial charge >= 0.3 is 0 Å². The van der Waals surface area contributed by atoms with E-state index in [2.05, 4.69) is 15.3 Å². The van der Waals surface area contributed by atoms with Crippen molar-refractivity contribution in [2.75, 3.05) is 5.32 Å². The number of aromatic nitrogens is 3. The first kappa shape index (κ1) is 20.7. The second-order valence-corrected chi connectivity index (χ2v) is 8.20. The first-order valence-corrected chi connectivity index (χ1v) is 10.5. The minimum absolute atomic E-state index is 0.110.